The average Bonchev–Trinajstić information content (AvgIpc) is 3.04. The van der Waals surface area contributed by atoms with E-state index in [1.807, 2.05) is 6.07 Å². The first-order chi connectivity index (χ1) is 11.5. The quantitative estimate of drug-likeness (QED) is 0.793. The molecule has 0 saturated carbocycles. The highest BCUT2D eigenvalue weighted by atomic mass is 32.2. The Hall–Kier alpha value is -1.84. The summed E-state index contributed by atoms with van der Waals surface area (Å²) >= 11 is 0. The van der Waals surface area contributed by atoms with Crippen LogP contribution in [0.2, 0.25) is 0 Å². The lowest BCUT2D eigenvalue weighted by molar-refractivity contribution is -0.237. The van der Waals surface area contributed by atoms with Gasteiger partial charge in [0.25, 0.3) is 0 Å². The van der Waals surface area contributed by atoms with Gasteiger partial charge in [-0.25, -0.2) is 13.1 Å². The Labute approximate surface area is 140 Å². The van der Waals surface area contributed by atoms with Crippen LogP contribution in [0.25, 0.3) is 10.8 Å². The minimum absolute atomic E-state index is 0.0797. The number of hydrogen-bond donors (Lipinski definition) is 1. The Bertz CT molecular complexity index is 862. The van der Waals surface area contributed by atoms with Crippen LogP contribution in [-0.2, 0) is 24.2 Å². The molecule has 1 aromatic carbocycles. The molecule has 2 aromatic rings. The monoisotopic (exact) mass is 350 g/mol. The number of rotatable bonds is 6. The summed E-state index contributed by atoms with van der Waals surface area (Å²) in [5.74, 6) is -1.19. The molecule has 0 fully saturated rings. The zero-order valence-electron chi connectivity index (χ0n) is 13.3. The fourth-order valence-corrected chi connectivity index (χ4v) is 3.80. The third-order valence-corrected chi connectivity index (χ3v) is 5.30. The minimum atomic E-state index is -3.76. The zero-order chi connectivity index (χ0) is 17.2. The molecule has 2 unspecified atom stereocenters. The SMILES string of the molecule is COC1C=CC(CNS(=O)(=O)c2cccc3cnccc23)(OC)O1. The lowest BCUT2D eigenvalue weighted by Gasteiger charge is -2.27. The summed E-state index contributed by atoms with van der Waals surface area (Å²) in [6.07, 6.45) is 5.91. The van der Waals surface area contributed by atoms with E-state index in [4.69, 9.17) is 14.2 Å². The molecular weight excluding hydrogens is 332 g/mol. The summed E-state index contributed by atoms with van der Waals surface area (Å²) in [5, 5.41) is 1.35. The van der Waals surface area contributed by atoms with Crippen LogP contribution in [0.3, 0.4) is 0 Å². The molecule has 0 saturated heterocycles. The van der Waals surface area contributed by atoms with E-state index in [-0.39, 0.29) is 11.4 Å². The van der Waals surface area contributed by atoms with Gasteiger partial charge in [-0.3, -0.25) is 4.98 Å². The maximum atomic E-state index is 12.7. The first kappa shape index (κ1) is 17.0. The molecule has 1 aliphatic rings. The molecule has 3 rings (SSSR count). The van der Waals surface area contributed by atoms with Crippen molar-refractivity contribution in [3.63, 3.8) is 0 Å². The summed E-state index contributed by atoms with van der Waals surface area (Å²) in [4.78, 5) is 4.19. The predicted octanol–water partition coefficient (Wildman–Crippen LogP) is 1.41. The van der Waals surface area contributed by atoms with E-state index in [0.29, 0.717) is 5.39 Å². The van der Waals surface area contributed by atoms with Gasteiger partial charge in [0.15, 0.2) is 6.29 Å². The molecule has 0 radical (unpaired) electrons. The van der Waals surface area contributed by atoms with E-state index in [0.717, 1.165) is 5.39 Å². The molecule has 1 aromatic heterocycles. The Balaban J connectivity index is 1.85. The fourth-order valence-electron chi connectivity index (χ4n) is 2.52. The third kappa shape index (κ3) is 3.19. The fraction of sp³-hybridized carbons (Fsp3) is 0.312. The second-order valence-corrected chi connectivity index (χ2v) is 7.01. The molecule has 7 nitrogen and oxygen atoms in total. The molecule has 2 atom stereocenters. The largest absolute Gasteiger partial charge is 0.352 e. The van der Waals surface area contributed by atoms with Crippen molar-refractivity contribution in [2.45, 2.75) is 17.0 Å². The molecule has 2 heterocycles. The highest BCUT2D eigenvalue weighted by Crippen LogP contribution is 2.26. The first-order valence-corrected chi connectivity index (χ1v) is 8.75. The topological polar surface area (TPSA) is 86.8 Å². The Morgan fingerprint density at radius 1 is 1.33 bits per heavy atom. The van der Waals surface area contributed by atoms with E-state index in [2.05, 4.69) is 9.71 Å². The van der Waals surface area contributed by atoms with Crippen molar-refractivity contribution in [1.82, 2.24) is 9.71 Å². The maximum Gasteiger partial charge on any atom is 0.241 e. The minimum Gasteiger partial charge on any atom is -0.352 e. The highest BCUT2D eigenvalue weighted by Gasteiger charge is 2.37. The number of ether oxygens (including phenoxy) is 3. The summed E-state index contributed by atoms with van der Waals surface area (Å²) in [7, 11) is -0.819. The van der Waals surface area contributed by atoms with Crippen molar-refractivity contribution < 1.29 is 22.6 Å². The number of methoxy groups -OCH3 is 2. The summed E-state index contributed by atoms with van der Waals surface area (Å²) < 4.78 is 43.9. The predicted molar refractivity (Wildman–Crippen MR) is 87.7 cm³/mol. The number of aromatic nitrogens is 1. The van der Waals surface area contributed by atoms with E-state index < -0.39 is 22.1 Å². The van der Waals surface area contributed by atoms with Gasteiger partial charge in [-0.2, -0.15) is 0 Å². The average molecular weight is 350 g/mol. The summed E-state index contributed by atoms with van der Waals surface area (Å²) in [6.45, 7) is -0.0797. The van der Waals surface area contributed by atoms with Crippen LogP contribution in [0.1, 0.15) is 0 Å². The van der Waals surface area contributed by atoms with Crippen LogP contribution >= 0.6 is 0 Å². The number of benzene rings is 1. The van der Waals surface area contributed by atoms with E-state index in [1.165, 1.54) is 14.2 Å². The summed E-state index contributed by atoms with van der Waals surface area (Å²) in [5.41, 5.74) is 0. The smallest absolute Gasteiger partial charge is 0.241 e. The zero-order valence-corrected chi connectivity index (χ0v) is 14.1. The lowest BCUT2D eigenvalue weighted by Crippen LogP contribution is -2.44. The van der Waals surface area contributed by atoms with E-state index in [1.54, 1.807) is 42.7 Å². The van der Waals surface area contributed by atoms with Crippen molar-refractivity contribution in [2.24, 2.45) is 0 Å². The van der Waals surface area contributed by atoms with Crippen molar-refractivity contribution in [3.05, 3.63) is 48.8 Å². The van der Waals surface area contributed by atoms with Gasteiger partial charge >= 0.3 is 0 Å². The maximum absolute atomic E-state index is 12.7. The molecular formula is C16H18N2O5S. The van der Waals surface area contributed by atoms with E-state index >= 15 is 0 Å². The Morgan fingerprint density at radius 3 is 2.88 bits per heavy atom. The highest BCUT2D eigenvalue weighted by molar-refractivity contribution is 7.89. The van der Waals surface area contributed by atoms with Crippen LogP contribution < -0.4 is 4.72 Å². The number of nitrogens with zero attached hydrogens (tertiary/aromatic N) is 1. The van der Waals surface area contributed by atoms with Gasteiger partial charge in [-0.15, -0.1) is 0 Å². The van der Waals surface area contributed by atoms with Crippen molar-refractivity contribution in [3.8, 4) is 0 Å². The van der Waals surface area contributed by atoms with Gasteiger partial charge < -0.3 is 14.2 Å². The first-order valence-electron chi connectivity index (χ1n) is 7.27. The van der Waals surface area contributed by atoms with Crippen molar-refractivity contribution >= 4 is 20.8 Å². The molecule has 128 valence electrons. The number of sulfonamides is 1. The Kier molecular flexibility index (Phi) is 4.66. The molecule has 0 bridgehead atoms. The van der Waals surface area contributed by atoms with Crippen LogP contribution in [0, 0.1) is 0 Å². The molecule has 1 aliphatic heterocycles. The van der Waals surface area contributed by atoms with Gasteiger partial charge in [0.05, 0.1) is 11.4 Å². The summed E-state index contributed by atoms with van der Waals surface area (Å²) in [6, 6.07) is 6.71. The van der Waals surface area contributed by atoms with Gasteiger partial charge in [-0.1, -0.05) is 12.1 Å². The number of nitrogens with one attached hydrogen (secondary N) is 1. The standard InChI is InChI=1S/C16H18N2O5S/c1-21-15-6-8-16(22-2,23-15)11-18-24(19,20)14-5-3-4-12-10-17-9-7-13(12)14/h3-10,15,18H,11H2,1-2H3. The third-order valence-electron chi connectivity index (χ3n) is 3.84. The van der Waals surface area contributed by atoms with Gasteiger partial charge in [0, 0.05) is 37.4 Å². The molecule has 0 spiro atoms. The number of pyridine rings is 1. The van der Waals surface area contributed by atoms with Gasteiger partial charge in [-0.05, 0) is 24.3 Å². The van der Waals surface area contributed by atoms with Gasteiger partial charge in [0.1, 0.15) is 0 Å². The van der Waals surface area contributed by atoms with Gasteiger partial charge in [0.2, 0.25) is 15.8 Å². The normalized spacial score (nSPS) is 23.8. The number of hydrogen-bond acceptors (Lipinski definition) is 6. The second-order valence-electron chi connectivity index (χ2n) is 5.27. The second kappa shape index (κ2) is 6.58. The van der Waals surface area contributed by atoms with Crippen LogP contribution in [0.4, 0.5) is 0 Å². The molecule has 0 amide bonds. The van der Waals surface area contributed by atoms with Crippen LogP contribution in [0.15, 0.2) is 53.7 Å². The lowest BCUT2D eigenvalue weighted by atomic mass is 10.2. The van der Waals surface area contributed by atoms with Crippen LogP contribution in [0.5, 0.6) is 0 Å². The van der Waals surface area contributed by atoms with Crippen LogP contribution in [-0.4, -0.2) is 46.2 Å². The van der Waals surface area contributed by atoms with E-state index in [9.17, 15) is 8.42 Å². The molecule has 1 N–H and O–H groups in total. The molecule has 8 heteroatoms. The van der Waals surface area contributed by atoms with Crippen molar-refractivity contribution in [2.75, 3.05) is 20.8 Å². The van der Waals surface area contributed by atoms with Crippen molar-refractivity contribution in [1.29, 1.82) is 0 Å². The molecule has 0 aliphatic carbocycles. The molecule has 24 heavy (non-hydrogen) atoms. The number of fused-ring (bicyclic) bond motifs is 1. The Morgan fingerprint density at radius 2 is 2.17 bits per heavy atom.